The van der Waals surface area contributed by atoms with E-state index in [2.05, 4.69) is 0 Å². The molecule has 0 heterocycles. The third-order valence-corrected chi connectivity index (χ3v) is 6.18. The Labute approximate surface area is 347 Å². The number of carbonyl (C=O) groups is 3. The molecule has 0 aliphatic heterocycles. The van der Waals surface area contributed by atoms with E-state index >= 15 is 0 Å². The second-order valence-corrected chi connectivity index (χ2v) is 14.3. The summed E-state index contributed by atoms with van der Waals surface area (Å²) in [6, 6.07) is 0. The molecule has 0 saturated heterocycles. The molecule has 0 aliphatic rings. The van der Waals surface area contributed by atoms with Crippen LogP contribution in [0.4, 0.5) is 92.2 Å². The molecule has 0 fully saturated rings. The van der Waals surface area contributed by atoms with Gasteiger partial charge in [0.2, 0.25) is 17.3 Å². The van der Waals surface area contributed by atoms with Gasteiger partial charge >= 0.3 is 95.8 Å². The average molecular weight is 1030 g/mol. The first-order chi connectivity index (χ1) is 24.1. The van der Waals surface area contributed by atoms with E-state index in [1.54, 1.807) is 0 Å². The molecule has 1 radical (unpaired) electrons. The summed E-state index contributed by atoms with van der Waals surface area (Å²) < 4.78 is 258. The second-order valence-electron chi connectivity index (χ2n) is 14.3. The van der Waals surface area contributed by atoms with E-state index in [1.807, 2.05) is 0 Å². The molecule has 0 unspecified atom stereocenters. The van der Waals surface area contributed by atoms with Crippen LogP contribution >= 0.6 is 0 Å². The smallest absolute Gasteiger partial charge is 0.875 e. The van der Waals surface area contributed by atoms with Gasteiger partial charge in [-0.1, -0.05) is 62.3 Å². The zero-order valence-electron chi connectivity index (χ0n) is 30.6. The normalized spacial score (nSPS) is 15.3. The molecule has 0 amide bonds. The van der Waals surface area contributed by atoms with Crippen molar-refractivity contribution in [3.05, 3.63) is 35.5 Å². The SMILES string of the molecule is CC(C)(C)/C([O-])=C/C(=O)C(F)(F)C(F)(F)C(F)(F)F.CC(C)(C)/C([O-])=C/C(=O)C(F)(F)C(F)(F)C(F)(F)F.CC(C)(C)/C([O-])=C/C(=O)C(F)(F)C(F)(F)C(F)(F)F.[Ce+3]. The Bertz CT molecular complexity index is 1350. The zero-order chi connectivity index (χ0) is 47.6. The molecule has 0 aromatic rings. The van der Waals surface area contributed by atoms with Gasteiger partial charge in [0, 0.05) is 0 Å². The van der Waals surface area contributed by atoms with Gasteiger partial charge in [0.05, 0.1) is 0 Å². The fourth-order valence-electron chi connectivity index (χ4n) is 2.28. The van der Waals surface area contributed by atoms with Gasteiger partial charge in [0.25, 0.3) is 0 Å². The number of alkyl halides is 21. The van der Waals surface area contributed by atoms with Crippen molar-refractivity contribution >= 4 is 17.3 Å². The summed E-state index contributed by atoms with van der Waals surface area (Å²) in [5.41, 5.74) is -4.09. The van der Waals surface area contributed by atoms with Gasteiger partial charge in [-0.25, -0.2) is 0 Å². The molecule has 0 aromatic carbocycles. The van der Waals surface area contributed by atoms with Crippen LogP contribution in [0.3, 0.4) is 0 Å². The summed E-state index contributed by atoms with van der Waals surface area (Å²) in [6.07, 6.45) is -21.1. The van der Waals surface area contributed by atoms with Gasteiger partial charge < -0.3 is 15.3 Å². The molecule has 6 nitrogen and oxygen atoms in total. The van der Waals surface area contributed by atoms with Crippen LogP contribution < -0.4 is 15.3 Å². The Morgan fingerprint density at radius 2 is 0.448 bits per heavy atom. The molecular formula is C30H30CeF21O6. The van der Waals surface area contributed by atoms with E-state index in [-0.39, 0.29) is 41.7 Å². The number of ketones is 3. The molecule has 0 bridgehead atoms. The Kier molecular flexibility index (Phi) is 20.4. The second kappa shape index (κ2) is 19.1. The van der Waals surface area contributed by atoms with E-state index in [0.717, 1.165) is 0 Å². The van der Waals surface area contributed by atoms with Crippen molar-refractivity contribution in [2.75, 3.05) is 0 Å². The third-order valence-electron chi connectivity index (χ3n) is 6.18. The van der Waals surface area contributed by atoms with E-state index in [9.17, 15) is 122 Å². The first kappa shape index (κ1) is 62.2. The summed E-state index contributed by atoms with van der Waals surface area (Å²) in [6.45, 7) is 10.6. The van der Waals surface area contributed by atoms with Crippen LogP contribution in [0.15, 0.2) is 35.5 Å². The first-order valence-electron chi connectivity index (χ1n) is 14.4. The molecule has 58 heavy (non-hydrogen) atoms. The van der Waals surface area contributed by atoms with Gasteiger partial charge in [-0.05, 0) is 34.5 Å². The van der Waals surface area contributed by atoms with E-state index in [0.29, 0.717) is 0 Å². The molecule has 0 N–H and O–H groups in total. The Hall–Kier alpha value is -2.46. The van der Waals surface area contributed by atoms with Crippen LogP contribution in [0.25, 0.3) is 0 Å². The minimum Gasteiger partial charge on any atom is -0.875 e. The van der Waals surface area contributed by atoms with E-state index in [1.165, 1.54) is 62.3 Å². The van der Waals surface area contributed by atoms with E-state index < -0.39 is 123 Å². The predicted molar refractivity (Wildman–Crippen MR) is 145 cm³/mol. The standard InChI is InChI=1S/3C10H11F7O2.Ce/c3*1-7(2,3)5(18)4-6(19)8(11,12)9(13,14)10(15,16)17;/h3*4,18H,1-3H3;/q;;;+3/p-3/b3*5-4-;. The summed E-state index contributed by atoms with van der Waals surface area (Å²) in [5.74, 6) is -50.2. The molecule has 28 heteroatoms. The maximum absolute atomic E-state index is 12.8. The van der Waals surface area contributed by atoms with E-state index in [4.69, 9.17) is 0 Å². The minimum absolute atomic E-state index is 0. The van der Waals surface area contributed by atoms with Crippen molar-refractivity contribution in [2.45, 2.75) is 116 Å². The monoisotopic (exact) mass is 1030 g/mol. The maximum Gasteiger partial charge on any atom is 3.00 e. The van der Waals surface area contributed by atoms with Crippen molar-refractivity contribution in [3.63, 3.8) is 0 Å². The summed E-state index contributed by atoms with van der Waals surface area (Å²) in [7, 11) is 0. The molecular weight excluding hydrogens is 995 g/mol. The van der Waals surface area contributed by atoms with Crippen molar-refractivity contribution in [1.82, 2.24) is 0 Å². The molecule has 0 rings (SSSR count). The average Bonchev–Trinajstić information content (AvgIpc) is 2.93. The number of carbonyl (C=O) groups excluding carboxylic acids is 3. The molecule has 0 atom stereocenters. The molecule has 0 saturated carbocycles. The summed E-state index contributed by atoms with van der Waals surface area (Å²) >= 11 is 0. The summed E-state index contributed by atoms with van der Waals surface area (Å²) in [5, 5.41) is 33.5. The van der Waals surface area contributed by atoms with Crippen molar-refractivity contribution in [2.24, 2.45) is 16.2 Å². The topological polar surface area (TPSA) is 120 Å². The van der Waals surface area contributed by atoms with Gasteiger partial charge in [0.15, 0.2) is 0 Å². The van der Waals surface area contributed by atoms with Crippen LogP contribution in [-0.4, -0.2) is 71.4 Å². The fourth-order valence-corrected chi connectivity index (χ4v) is 2.28. The Morgan fingerprint density at radius 1 is 0.328 bits per heavy atom. The third kappa shape index (κ3) is 14.9. The Balaban J connectivity index is -0.000000374. The van der Waals surface area contributed by atoms with Gasteiger partial charge in [-0.15, -0.1) is 17.3 Å². The zero-order valence-corrected chi connectivity index (χ0v) is 33.8. The van der Waals surface area contributed by atoms with Crippen LogP contribution in [0.1, 0.15) is 62.3 Å². The largest absolute Gasteiger partial charge is 3.00 e. The number of hydrogen-bond donors (Lipinski definition) is 0. The van der Waals surface area contributed by atoms with Gasteiger partial charge in [-0.2, -0.15) is 92.2 Å². The minimum atomic E-state index is -6.61. The van der Waals surface area contributed by atoms with Gasteiger partial charge in [0.1, 0.15) is 0 Å². The quantitative estimate of drug-likeness (QED) is 0.131. The summed E-state index contributed by atoms with van der Waals surface area (Å²) in [4.78, 5) is 32.4. The molecule has 0 spiro atoms. The molecule has 0 aliphatic carbocycles. The molecule has 337 valence electrons. The number of halogens is 21. The van der Waals surface area contributed by atoms with Crippen LogP contribution in [0.2, 0.25) is 0 Å². The van der Waals surface area contributed by atoms with Crippen molar-refractivity contribution < 1.29 is 164 Å². The van der Waals surface area contributed by atoms with Crippen LogP contribution in [-0.2, 0) is 14.4 Å². The van der Waals surface area contributed by atoms with Gasteiger partial charge in [-0.3, -0.25) is 14.4 Å². The molecule has 0 aromatic heterocycles. The first-order valence-corrected chi connectivity index (χ1v) is 14.4. The van der Waals surface area contributed by atoms with Crippen molar-refractivity contribution in [3.8, 4) is 0 Å². The predicted octanol–water partition coefficient (Wildman–Crippen LogP) is 8.04. The number of allylic oxidation sites excluding steroid dienone is 6. The Morgan fingerprint density at radius 3 is 0.534 bits per heavy atom. The van der Waals surface area contributed by atoms with Crippen molar-refractivity contribution in [1.29, 1.82) is 0 Å². The fraction of sp³-hybridized carbons (Fsp3) is 0.700. The van der Waals surface area contributed by atoms with Crippen LogP contribution in [0.5, 0.6) is 0 Å². The number of hydrogen-bond acceptors (Lipinski definition) is 6. The maximum atomic E-state index is 12.8. The number of rotatable bonds is 9. The van der Waals surface area contributed by atoms with Crippen LogP contribution in [0, 0.1) is 58.0 Å².